The Balaban J connectivity index is 1.84. The number of hydrogen-bond donors (Lipinski definition) is 2. The highest BCUT2D eigenvalue weighted by atomic mass is 79.9. The minimum Gasteiger partial charge on any atom is -0.452 e. The highest BCUT2D eigenvalue weighted by molar-refractivity contribution is 9.10. The maximum absolute atomic E-state index is 11.4. The van der Waals surface area contributed by atoms with Gasteiger partial charge in [0.1, 0.15) is 5.76 Å². The molecule has 1 amide bonds. The van der Waals surface area contributed by atoms with Crippen molar-refractivity contribution in [2.24, 2.45) is 0 Å². The Hall–Kier alpha value is -1.46. The lowest BCUT2D eigenvalue weighted by molar-refractivity contribution is -0.115. The standard InChI is InChI=1S/C14H12BrClN2O2/c1-7(12-2-3-13(15)20-12)17-11-4-8-5-14(19)18-10(8)6-9(11)16/h2-4,6-7,17H,5H2,1H3,(H,18,19). The number of furan rings is 1. The lowest BCUT2D eigenvalue weighted by Gasteiger charge is -2.15. The summed E-state index contributed by atoms with van der Waals surface area (Å²) in [4.78, 5) is 11.4. The second-order valence-corrected chi connectivity index (χ2v) is 5.91. The maximum Gasteiger partial charge on any atom is 0.228 e. The van der Waals surface area contributed by atoms with Crippen molar-refractivity contribution < 1.29 is 9.21 Å². The van der Waals surface area contributed by atoms with Gasteiger partial charge >= 0.3 is 0 Å². The Kier molecular flexibility index (Phi) is 3.48. The summed E-state index contributed by atoms with van der Waals surface area (Å²) in [5.41, 5.74) is 2.54. The SMILES string of the molecule is CC(Nc1cc2c(cc1Cl)NC(=O)C2)c1ccc(Br)o1. The van der Waals surface area contributed by atoms with E-state index in [9.17, 15) is 4.79 Å². The second kappa shape index (κ2) is 5.14. The largest absolute Gasteiger partial charge is 0.452 e. The maximum atomic E-state index is 11.4. The van der Waals surface area contributed by atoms with E-state index in [1.165, 1.54) is 0 Å². The van der Waals surface area contributed by atoms with E-state index in [1.807, 2.05) is 25.1 Å². The molecule has 0 radical (unpaired) electrons. The van der Waals surface area contributed by atoms with Crippen molar-refractivity contribution in [1.29, 1.82) is 0 Å². The van der Waals surface area contributed by atoms with Crippen LogP contribution >= 0.6 is 27.5 Å². The van der Waals surface area contributed by atoms with Crippen LogP contribution in [0.15, 0.2) is 33.4 Å². The van der Waals surface area contributed by atoms with Gasteiger partial charge in [-0.15, -0.1) is 0 Å². The van der Waals surface area contributed by atoms with Gasteiger partial charge in [0, 0.05) is 5.69 Å². The predicted molar refractivity (Wildman–Crippen MR) is 82.2 cm³/mol. The third kappa shape index (κ3) is 2.55. The molecule has 2 heterocycles. The van der Waals surface area contributed by atoms with E-state index >= 15 is 0 Å². The Morgan fingerprint density at radius 3 is 2.95 bits per heavy atom. The van der Waals surface area contributed by atoms with Crippen LogP contribution in [0.25, 0.3) is 0 Å². The first kappa shape index (κ1) is 13.5. The summed E-state index contributed by atoms with van der Waals surface area (Å²) in [6.45, 7) is 1.98. The first-order valence-corrected chi connectivity index (χ1v) is 7.34. The zero-order valence-corrected chi connectivity index (χ0v) is 13.0. The Labute approximate surface area is 129 Å². The summed E-state index contributed by atoms with van der Waals surface area (Å²) in [7, 11) is 0. The highest BCUT2D eigenvalue weighted by Gasteiger charge is 2.20. The molecule has 1 aromatic heterocycles. The van der Waals surface area contributed by atoms with Crippen LogP contribution in [0.5, 0.6) is 0 Å². The highest BCUT2D eigenvalue weighted by Crippen LogP contribution is 2.35. The molecule has 2 aromatic rings. The number of amides is 1. The molecule has 1 atom stereocenters. The molecule has 1 unspecified atom stereocenters. The summed E-state index contributed by atoms with van der Waals surface area (Å²) in [5.74, 6) is 0.805. The third-order valence-corrected chi connectivity index (χ3v) is 3.95. The number of fused-ring (bicyclic) bond motifs is 1. The number of benzene rings is 1. The lowest BCUT2D eigenvalue weighted by atomic mass is 10.1. The molecule has 20 heavy (non-hydrogen) atoms. The van der Waals surface area contributed by atoms with Gasteiger partial charge in [0.05, 0.1) is 23.2 Å². The second-order valence-electron chi connectivity index (χ2n) is 4.72. The fraction of sp³-hybridized carbons (Fsp3) is 0.214. The van der Waals surface area contributed by atoms with E-state index in [0.29, 0.717) is 16.1 Å². The summed E-state index contributed by atoms with van der Waals surface area (Å²) in [6.07, 6.45) is 0.391. The van der Waals surface area contributed by atoms with Gasteiger partial charge in [-0.1, -0.05) is 11.6 Å². The third-order valence-electron chi connectivity index (χ3n) is 3.21. The molecule has 0 spiro atoms. The van der Waals surface area contributed by atoms with Gasteiger partial charge in [0.2, 0.25) is 5.91 Å². The van der Waals surface area contributed by atoms with Crippen molar-refractivity contribution in [3.05, 3.63) is 45.3 Å². The van der Waals surface area contributed by atoms with Crippen LogP contribution in [-0.2, 0) is 11.2 Å². The van der Waals surface area contributed by atoms with Gasteiger partial charge in [-0.05, 0) is 52.7 Å². The molecule has 0 saturated carbocycles. The predicted octanol–water partition coefficient (Wildman–Crippen LogP) is 4.36. The Bertz CT molecular complexity index is 684. The fourth-order valence-electron chi connectivity index (χ4n) is 2.22. The van der Waals surface area contributed by atoms with Crippen molar-refractivity contribution in [1.82, 2.24) is 0 Å². The lowest BCUT2D eigenvalue weighted by Crippen LogP contribution is -2.06. The first-order chi connectivity index (χ1) is 9.52. The number of halogens is 2. The Morgan fingerprint density at radius 1 is 1.45 bits per heavy atom. The zero-order valence-electron chi connectivity index (χ0n) is 10.7. The van der Waals surface area contributed by atoms with Crippen LogP contribution in [0.1, 0.15) is 24.3 Å². The molecule has 1 aliphatic heterocycles. The molecule has 4 nitrogen and oxygen atoms in total. The van der Waals surface area contributed by atoms with Crippen molar-refractivity contribution in [2.75, 3.05) is 10.6 Å². The van der Waals surface area contributed by atoms with Gasteiger partial charge in [-0.3, -0.25) is 4.79 Å². The normalized spacial score (nSPS) is 14.8. The molecule has 6 heteroatoms. The van der Waals surface area contributed by atoms with E-state index in [1.54, 1.807) is 6.07 Å². The van der Waals surface area contributed by atoms with Crippen molar-refractivity contribution in [3.63, 3.8) is 0 Å². The molecule has 104 valence electrons. The van der Waals surface area contributed by atoms with Crippen molar-refractivity contribution in [2.45, 2.75) is 19.4 Å². The van der Waals surface area contributed by atoms with Gasteiger partial charge in [0.25, 0.3) is 0 Å². The van der Waals surface area contributed by atoms with Crippen LogP contribution in [-0.4, -0.2) is 5.91 Å². The molecular weight excluding hydrogens is 344 g/mol. The topological polar surface area (TPSA) is 54.3 Å². The van der Waals surface area contributed by atoms with Gasteiger partial charge in [-0.25, -0.2) is 0 Å². The summed E-state index contributed by atoms with van der Waals surface area (Å²) in [5, 5.41) is 6.65. The number of anilines is 2. The molecule has 1 aromatic carbocycles. The van der Waals surface area contributed by atoms with Gasteiger partial charge < -0.3 is 15.1 Å². The first-order valence-electron chi connectivity index (χ1n) is 6.17. The van der Waals surface area contributed by atoms with E-state index in [0.717, 1.165) is 22.7 Å². The molecule has 1 aliphatic rings. The molecule has 2 N–H and O–H groups in total. The van der Waals surface area contributed by atoms with Crippen LogP contribution in [0.4, 0.5) is 11.4 Å². The van der Waals surface area contributed by atoms with Crippen molar-refractivity contribution >= 4 is 44.8 Å². The zero-order chi connectivity index (χ0) is 14.3. The monoisotopic (exact) mass is 354 g/mol. The minimum absolute atomic E-state index is 0.00349. The Morgan fingerprint density at radius 2 is 2.25 bits per heavy atom. The van der Waals surface area contributed by atoms with E-state index < -0.39 is 0 Å². The van der Waals surface area contributed by atoms with Crippen LogP contribution in [0.2, 0.25) is 5.02 Å². The average molecular weight is 356 g/mol. The van der Waals surface area contributed by atoms with E-state index in [4.69, 9.17) is 16.0 Å². The summed E-state index contributed by atoms with van der Waals surface area (Å²) >= 11 is 9.52. The fourth-order valence-corrected chi connectivity index (χ4v) is 2.76. The molecule has 0 saturated heterocycles. The van der Waals surface area contributed by atoms with Crippen LogP contribution in [0, 0.1) is 0 Å². The molecule has 0 fully saturated rings. The smallest absolute Gasteiger partial charge is 0.228 e. The van der Waals surface area contributed by atoms with Crippen LogP contribution < -0.4 is 10.6 Å². The quantitative estimate of drug-likeness (QED) is 0.860. The number of carbonyl (C=O) groups is 1. The molecule has 3 rings (SSSR count). The van der Waals surface area contributed by atoms with E-state index in [-0.39, 0.29) is 11.9 Å². The number of rotatable bonds is 3. The van der Waals surface area contributed by atoms with Crippen LogP contribution in [0.3, 0.4) is 0 Å². The van der Waals surface area contributed by atoms with Gasteiger partial charge in [0.15, 0.2) is 4.67 Å². The number of hydrogen-bond acceptors (Lipinski definition) is 3. The molecule has 0 bridgehead atoms. The number of carbonyl (C=O) groups excluding carboxylic acids is 1. The average Bonchev–Trinajstić information content (AvgIpc) is 2.95. The number of nitrogens with one attached hydrogen (secondary N) is 2. The summed E-state index contributed by atoms with van der Waals surface area (Å²) < 4.78 is 6.20. The molecule has 0 aliphatic carbocycles. The molecular formula is C14H12BrClN2O2. The summed E-state index contributed by atoms with van der Waals surface area (Å²) in [6, 6.07) is 7.40. The van der Waals surface area contributed by atoms with Crippen molar-refractivity contribution in [3.8, 4) is 0 Å². The minimum atomic E-state index is -0.0260. The van der Waals surface area contributed by atoms with E-state index in [2.05, 4.69) is 26.6 Å². The van der Waals surface area contributed by atoms with Gasteiger partial charge in [-0.2, -0.15) is 0 Å².